The van der Waals surface area contributed by atoms with Gasteiger partial charge in [0.1, 0.15) is 11.4 Å². The van der Waals surface area contributed by atoms with Gasteiger partial charge in [-0.3, -0.25) is 9.55 Å². The maximum atomic E-state index is 12.7. The molecule has 42 heavy (non-hydrogen) atoms. The predicted molar refractivity (Wildman–Crippen MR) is 164 cm³/mol. The average molecular weight is 557 g/mol. The van der Waals surface area contributed by atoms with Crippen LogP contribution in [0.3, 0.4) is 0 Å². The van der Waals surface area contributed by atoms with E-state index in [-0.39, 0.29) is 6.09 Å². The molecule has 5 aromatic rings. The number of hydrogen-bond acceptors (Lipinski definition) is 6. The van der Waals surface area contributed by atoms with Gasteiger partial charge in [-0.15, -0.1) is 0 Å². The van der Waals surface area contributed by atoms with Crippen LogP contribution in [0.2, 0.25) is 0 Å². The van der Waals surface area contributed by atoms with E-state index in [1.807, 2.05) is 51.1 Å². The van der Waals surface area contributed by atoms with Crippen molar-refractivity contribution in [1.29, 1.82) is 0 Å². The maximum Gasteiger partial charge on any atom is 0.408 e. The van der Waals surface area contributed by atoms with Crippen molar-refractivity contribution in [3.8, 4) is 39.6 Å². The first kappa shape index (κ1) is 26.0. The lowest BCUT2D eigenvalue weighted by atomic mass is 9.71. The number of amides is 1. The lowest BCUT2D eigenvalue weighted by molar-refractivity contribution is 0.0377. The van der Waals surface area contributed by atoms with Crippen molar-refractivity contribution in [2.45, 2.75) is 51.2 Å². The highest BCUT2D eigenvalue weighted by atomic mass is 16.6. The van der Waals surface area contributed by atoms with Gasteiger partial charge in [-0.05, 0) is 82.0 Å². The molecule has 4 heterocycles. The molecule has 0 radical (unpaired) electrons. The van der Waals surface area contributed by atoms with Gasteiger partial charge in [0, 0.05) is 35.3 Å². The largest absolute Gasteiger partial charge is 0.444 e. The Labute approximate surface area is 244 Å². The quantitative estimate of drug-likeness (QED) is 0.232. The summed E-state index contributed by atoms with van der Waals surface area (Å²) < 4.78 is 7.79. The van der Waals surface area contributed by atoms with Crippen molar-refractivity contribution in [2.75, 3.05) is 5.32 Å². The zero-order chi connectivity index (χ0) is 28.9. The number of ether oxygens (including phenoxy) is 1. The number of benzene rings is 2. The van der Waals surface area contributed by atoms with Gasteiger partial charge >= 0.3 is 6.09 Å². The average Bonchev–Trinajstić information content (AvgIpc) is 3.29. The van der Waals surface area contributed by atoms with E-state index in [2.05, 4.69) is 67.6 Å². The first-order chi connectivity index (χ1) is 20.3. The van der Waals surface area contributed by atoms with Crippen LogP contribution in [-0.4, -0.2) is 31.2 Å². The number of aromatic nitrogens is 4. The van der Waals surface area contributed by atoms with Crippen LogP contribution in [0.5, 0.6) is 0 Å². The normalized spacial score (nSPS) is 14.7. The third-order valence-electron chi connectivity index (χ3n) is 7.94. The summed E-state index contributed by atoms with van der Waals surface area (Å²) in [5, 5.41) is 6.69. The third-order valence-corrected chi connectivity index (χ3v) is 7.94. The van der Waals surface area contributed by atoms with Gasteiger partial charge in [-0.1, -0.05) is 36.4 Å². The summed E-state index contributed by atoms with van der Waals surface area (Å²) in [6.45, 7) is 5.64. The summed E-state index contributed by atoms with van der Waals surface area (Å²) in [6.07, 6.45) is 7.79. The SMILES string of the molecule is CC(C)(C)OC(=O)NC1(c2ccc(-c3c(-c4ccncc4)nc4n3-c3cccnc3Nc3ccccc3-4)cc2)CCC1. The van der Waals surface area contributed by atoms with Gasteiger partial charge in [-0.25, -0.2) is 14.8 Å². The third kappa shape index (κ3) is 4.49. The first-order valence-electron chi connectivity index (χ1n) is 14.3. The van der Waals surface area contributed by atoms with E-state index in [9.17, 15) is 4.79 Å². The number of imidazole rings is 1. The Hall–Kier alpha value is -4.98. The van der Waals surface area contributed by atoms with Crippen LogP contribution in [0.15, 0.2) is 91.4 Å². The minimum Gasteiger partial charge on any atom is -0.444 e. The number of anilines is 2. The fourth-order valence-corrected chi connectivity index (χ4v) is 5.86. The molecule has 0 bridgehead atoms. The molecule has 0 unspecified atom stereocenters. The van der Waals surface area contributed by atoms with E-state index in [0.717, 1.165) is 75.9 Å². The van der Waals surface area contributed by atoms with Crippen LogP contribution in [0.1, 0.15) is 45.6 Å². The number of carbonyl (C=O) groups is 1. The Bertz CT molecular complexity index is 1780. The molecular formula is C34H32N6O2. The van der Waals surface area contributed by atoms with E-state index in [0.29, 0.717) is 0 Å². The Balaban J connectivity index is 1.38. The lowest BCUT2D eigenvalue weighted by Gasteiger charge is -2.43. The molecule has 2 aromatic carbocycles. The molecule has 1 aliphatic carbocycles. The summed E-state index contributed by atoms with van der Waals surface area (Å²) in [5.74, 6) is 1.59. The first-order valence-corrected chi connectivity index (χ1v) is 14.3. The summed E-state index contributed by atoms with van der Waals surface area (Å²) in [5.41, 5.74) is 6.73. The second-order valence-electron chi connectivity index (χ2n) is 11.9. The molecule has 0 saturated heterocycles. The van der Waals surface area contributed by atoms with Crippen molar-refractivity contribution < 1.29 is 9.53 Å². The van der Waals surface area contributed by atoms with Crippen LogP contribution >= 0.6 is 0 Å². The van der Waals surface area contributed by atoms with Crippen molar-refractivity contribution in [1.82, 2.24) is 24.8 Å². The molecule has 2 N–H and O–H groups in total. The molecule has 1 fully saturated rings. The molecule has 0 spiro atoms. The second-order valence-corrected chi connectivity index (χ2v) is 11.9. The summed E-state index contributed by atoms with van der Waals surface area (Å²) >= 11 is 0. The molecular weight excluding hydrogens is 524 g/mol. The zero-order valence-corrected chi connectivity index (χ0v) is 23.9. The highest BCUT2D eigenvalue weighted by Crippen LogP contribution is 2.46. The smallest absolute Gasteiger partial charge is 0.408 e. The number of pyridine rings is 2. The van der Waals surface area contributed by atoms with Gasteiger partial charge in [0.2, 0.25) is 0 Å². The molecule has 3 aromatic heterocycles. The van der Waals surface area contributed by atoms with E-state index in [1.54, 1.807) is 18.6 Å². The van der Waals surface area contributed by atoms with Crippen molar-refractivity contribution in [3.05, 3.63) is 97.0 Å². The van der Waals surface area contributed by atoms with Crippen LogP contribution in [0, 0.1) is 0 Å². The highest BCUT2D eigenvalue weighted by Gasteiger charge is 2.41. The maximum absolute atomic E-state index is 12.7. The topological polar surface area (TPSA) is 94.0 Å². The van der Waals surface area contributed by atoms with E-state index < -0.39 is 11.1 Å². The Morgan fingerprint density at radius 2 is 1.69 bits per heavy atom. The predicted octanol–water partition coefficient (Wildman–Crippen LogP) is 7.62. The van der Waals surface area contributed by atoms with Crippen LogP contribution in [0.25, 0.3) is 39.6 Å². The van der Waals surface area contributed by atoms with Crippen LogP contribution in [0.4, 0.5) is 16.3 Å². The number of alkyl carbamates (subject to hydrolysis) is 1. The van der Waals surface area contributed by atoms with Gasteiger partial charge in [-0.2, -0.15) is 0 Å². The fraction of sp³-hybridized carbons (Fsp3) is 0.235. The van der Waals surface area contributed by atoms with Crippen LogP contribution in [-0.2, 0) is 10.3 Å². The molecule has 1 saturated carbocycles. The number of hydrogen-bond donors (Lipinski definition) is 2. The van der Waals surface area contributed by atoms with E-state index in [1.165, 1.54) is 0 Å². The molecule has 2 aliphatic rings. The number of nitrogens with one attached hydrogen (secondary N) is 2. The molecule has 1 amide bonds. The molecule has 7 rings (SSSR count). The zero-order valence-electron chi connectivity index (χ0n) is 23.9. The van der Waals surface area contributed by atoms with Gasteiger partial charge in [0.05, 0.1) is 28.3 Å². The van der Waals surface area contributed by atoms with Gasteiger partial charge in [0.15, 0.2) is 5.82 Å². The standard InChI is InChI=1S/C34H32N6O2/c1-33(2,3)42-32(41)39-34(17-7-18-34)24-13-11-23(12-14-24)29-28(22-15-20-35-21-16-22)38-31-25-8-4-5-9-26(25)37-30-27(40(29)31)10-6-19-36-30/h4-6,8-16,19-21H,7,17-18H2,1-3H3,(H,36,37)(H,39,41). The van der Waals surface area contributed by atoms with Crippen molar-refractivity contribution in [2.24, 2.45) is 0 Å². The van der Waals surface area contributed by atoms with Crippen molar-refractivity contribution >= 4 is 17.6 Å². The van der Waals surface area contributed by atoms with Gasteiger partial charge < -0.3 is 15.4 Å². The molecule has 8 nitrogen and oxygen atoms in total. The molecule has 0 atom stereocenters. The van der Waals surface area contributed by atoms with Crippen molar-refractivity contribution in [3.63, 3.8) is 0 Å². The Morgan fingerprint density at radius 3 is 2.40 bits per heavy atom. The summed E-state index contributed by atoms with van der Waals surface area (Å²) in [7, 11) is 0. The number of rotatable bonds is 4. The summed E-state index contributed by atoms with van der Waals surface area (Å²) in [4.78, 5) is 26.9. The fourth-order valence-electron chi connectivity index (χ4n) is 5.86. The lowest BCUT2D eigenvalue weighted by Crippen LogP contribution is -2.52. The number of fused-ring (bicyclic) bond motifs is 5. The number of carbonyl (C=O) groups excluding carboxylic acids is 1. The summed E-state index contributed by atoms with van der Waals surface area (Å²) in [6, 6.07) is 24.7. The minimum absolute atomic E-state index is 0.386. The van der Waals surface area contributed by atoms with Crippen LogP contribution < -0.4 is 10.6 Å². The van der Waals surface area contributed by atoms with E-state index >= 15 is 0 Å². The highest BCUT2D eigenvalue weighted by molar-refractivity contribution is 5.90. The Kier molecular flexibility index (Phi) is 6.08. The second kappa shape index (κ2) is 9.83. The number of nitrogens with zero attached hydrogens (tertiary/aromatic N) is 4. The molecule has 8 heteroatoms. The number of para-hydroxylation sites is 1. The monoisotopic (exact) mass is 556 g/mol. The molecule has 210 valence electrons. The van der Waals surface area contributed by atoms with E-state index in [4.69, 9.17) is 9.72 Å². The Morgan fingerprint density at radius 1 is 0.929 bits per heavy atom. The minimum atomic E-state index is -0.555. The molecule has 1 aliphatic heterocycles. The van der Waals surface area contributed by atoms with Gasteiger partial charge in [0.25, 0.3) is 0 Å².